The number of nitrogens with zero attached hydrogens (tertiary/aromatic N) is 3. The Morgan fingerprint density at radius 1 is 1.10 bits per heavy atom. The molecular formula is C22H24N4O3. The standard InChI is InChI=1S/C22H24N4O3/c1-15-11-16(2)26(25-15)14-19-12-17(5-10-21(19)29-4)13-23-24-22(27)18-6-8-20(28-3)9-7-18/h5-13H,14H2,1-4H3,(H,24,27)/b23-13-. The smallest absolute Gasteiger partial charge is 0.271 e. The second-order valence-corrected chi connectivity index (χ2v) is 6.58. The number of benzene rings is 2. The average molecular weight is 392 g/mol. The van der Waals surface area contributed by atoms with Crippen molar-refractivity contribution in [3.05, 3.63) is 76.6 Å². The number of carbonyl (C=O) groups is 1. The van der Waals surface area contributed by atoms with Crippen molar-refractivity contribution in [2.24, 2.45) is 5.10 Å². The molecular weight excluding hydrogens is 368 g/mol. The van der Waals surface area contributed by atoms with E-state index in [1.165, 1.54) is 0 Å². The Bertz CT molecular complexity index is 1020. The second-order valence-electron chi connectivity index (χ2n) is 6.58. The fraction of sp³-hybridized carbons (Fsp3) is 0.227. The Morgan fingerprint density at radius 3 is 2.48 bits per heavy atom. The molecule has 0 fully saturated rings. The van der Waals surface area contributed by atoms with Gasteiger partial charge in [-0.1, -0.05) is 0 Å². The van der Waals surface area contributed by atoms with Crippen LogP contribution in [0.2, 0.25) is 0 Å². The third kappa shape index (κ3) is 5.01. The first-order valence-electron chi connectivity index (χ1n) is 9.15. The first-order valence-corrected chi connectivity index (χ1v) is 9.15. The number of carbonyl (C=O) groups excluding carboxylic acids is 1. The fourth-order valence-electron chi connectivity index (χ4n) is 2.97. The van der Waals surface area contributed by atoms with Crippen LogP contribution in [0.3, 0.4) is 0 Å². The molecule has 2 aromatic carbocycles. The van der Waals surface area contributed by atoms with E-state index < -0.39 is 0 Å². The van der Waals surface area contributed by atoms with Crippen molar-refractivity contribution in [3.63, 3.8) is 0 Å². The Morgan fingerprint density at radius 2 is 1.86 bits per heavy atom. The van der Waals surface area contributed by atoms with Gasteiger partial charge < -0.3 is 9.47 Å². The monoisotopic (exact) mass is 392 g/mol. The van der Waals surface area contributed by atoms with Gasteiger partial charge in [0.2, 0.25) is 0 Å². The largest absolute Gasteiger partial charge is 0.497 e. The molecule has 1 amide bonds. The SMILES string of the molecule is COc1ccc(C(=O)N/N=C\c2ccc(OC)c(Cn3nc(C)cc3C)c2)cc1. The van der Waals surface area contributed by atoms with Crippen LogP contribution in [0.1, 0.15) is 32.9 Å². The van der Waals surface area contributed by atoms with Gasteiger partial charge in [0.05, 0.1) is 32.7 Å². The molecule has 29 heavy (non-hydrogen) atoms. The molecule has 0 saturated carbocycles. The average Bonchev–Trinajstić information content (AvgIpc) is 3.05. The van der Waals surface area contributed by atoms with Gasteiger partial charge in [0, 0.05) is 16.8 Å². The molecule has 0 spiro atoms. The minimum atomic E-state index is -0.291. The predicted octanol–water partition coefficient (Wildman–Crippen LogP) is 3.33. The van der Waals surface area contributed by atoms with Gasteiger partial charge in [-0.05, 0) is 67.9 Å². The zero-order valence-corrected chi connectivity index (χ0v) is 17.0. The lowest BCUT2D eigenvalue weighted by Gasteiger charge is -2.11. The number of hydrogen-bond donors (Lipinski definition) is 1. The number of hydrogen-bond acceptors (Lipinski definition) is 5. The summed E-state index contributed by atoms with van der Waals surface area (Å²) in [6, 6.07) is 14.6. The Hall–Kier alpha value is -3.61. The molecule has 0 atom stereocenters. The minimum absolute atomic E-state index is 0.291. The van der Waals surface area contributed by atoms with Crippen LogP contribution in [0.25, 0.3) is 0 Å². The summed E-state index contributed by atoms with van der Waals surface area (Å²) in [6.07, 6.45) is 1.60. The molecule has 0 aliphatic rings. The van der Waals surface area contributed by atoms with Crippen LogP contribution in [-0.4, -0.2) is 36.1 Å². The zero-order valence-electron chi connectivity index (χ0n) is 17.0. The Kier molecular flexibility index (Phi) is 6.29. The second kappa shape index (κ2) is 9.05. The van der Waals surface area contributed by atoms with Gasteiger partial charge in [0.1, 0.15) is 11.5 Å². The van der Waals surface area contributed by atoms with E-state index in [1.807, 2.05) is 42.8 Å². The Balaban J connectivity index is 1.71. The topological polar surface area (TPSA) is 77.7 Å². The van der Waals surface area contributed by atoms with E-state index in [0.29, 0.717) is 17.9 Å². The van der Waals surface area contributed by atoms with Gasteiger partial charge >= 0.3 is 0 Å². The lowest BCUT2D eigenvalue weighted by Crippen LogP contribution is -2.17. The molecule has 3 aromatic rings. The number of ether oxygens (including phenoxy) is 2. The van der Waals surface area contributed by atoms with E-state index in [-0.39, 0.29) is 5.91 Å². The first-order chi connectivity index (χ1) is 14.0. The normalized spacial score (nSPS) is 10.9. The lowest BCUT2D eigenvalue weighted by atomic mass is 10.1. The summed E-state index contributed by atoms with van der Waals surface area (Å²) in [5.74, 6) is 1.18. The molecule has 150 valence electrons. The molecule has 3 rings (SSSR count). The summed E-state index contributed by atoms with van der Waals surface area (Å²) < 4.78 is 12.5. The van der Waals surface area contributed by atoms with Gasteiger partial charge in [-0.25, -0.2) is 5.43 Å². The predicted molar refractivity (Wildman–Crippen MR) is 112 cm³/mol. The molecule has 0 unspecified atom stereocenters. The maximum absolute atomic E-state index is 12.2. The van der Waals surface area contributed by atoms with E-state index in [9.17, 15) is 4.79 Å². The third-order valence-electron chi connectivity index (χ3n) is 4.46. The van der Waals surface area contributed by atoms with Crippen molar-refractivity contribution in [2.45, 2.75) is 20.4 Å². The van der Waals surface area contributed by atoms with E-state index in [0.717, 1.165) is 28.3 Å². The van der Waals surface area contributed by atoms with Crippen LogP contribution in [0, 0.1) is 13.8 Å². The number of rotatable bonds is 7. The molecule has 7 heteroatoms. The zero-order chi connectivity index (χ0) is 20.8. The van der Waals surface area contributed by atoms with E-state index in [1.54, 1.807) is 44.7 Å². The van der Waals surface area contributed by atoms with Crippen LogP contribution >= 0.6 is 0 Å². The highest BCUT2D eigenvalue weighted by Crippen LogP contribution is 2.21. The third-order valence-corrected chi connectivity index (χ3v) is 4.46. The molecule has 7 nitrogen and oxygen atoms in total. The summed E-state index contributed by atoms with van der Waals surface area (Å²) in [5.41, 5.74) is 6.91. The van der Waals surface area contributed by atoms with Crippen LogP contribution in [-0.2, 0) is 6.54 Å². The van der Waals surface area contributed by atoms with Crippen LogP contribution in [0.15, 0.2) is 53.6 Å². The highest BCUT2D eigenvalue weighted by atomic mass is 16.5. The van der Waals surface area contributed by atoms with Crippen LogP contribution in [0.5, 0.6) is 11.5 Å². The van der Waals surface area contributed by atoms with Crippen molar-refractivity contribution >= 4 is 12.1 Å². The maximum Gasteiger partial charge on any atom is 0.271 e. The number of nitrogens with one attached hydrogen (secondary N) is 1. The molecule has 0 bridgehead atoms. The van der Waals surface area contributed by atoms with Crippen LogP contribution in [0.4, 0.5) is 0 Å². The van der Waals surface area contributed by atoms with Gasteiger partial charge in [-0.15, -0.1) is 0 Å². The summed E-state index contributed by atoms with van der Waals surface area (Å²) in [5, 5.41) is 8.57. The number of aromatic nitrogens is 2. The maximum atomic E-state index is 12.2. The number of amides is 1. The quantitative estimate of drug-likeness (QED) is 0.494. The Labute approximate surface area is 170 Å². The number of aryl methyl sites for hydroxylation is 2. The summed E-state index contributed by atoms with van der Waals surface area (Å²) in [4.78, 5) is 12.2. The fourth-order valence-corrected chi connectivity index (χ4v) is 2.97. The van der Waals surface area contributed by atoms with E-state index >= 15 is 0 Å². The molecule has 1 heterocycles. The van der Waals surface area contributed by atoms with Gasteiger partial charge in [-0.3, -0.25) is 9.48 Å². The molecule has 1 aromatic heterocycles. The molecule has 0 radical (unpaired) electrons. The molecule has 1 N–H and O–H groups in total. The number of methoxy groups -OCH3 is 2. The van der Waals surface area contributed by atoms with Crippen molar-refractivity contribution in [2.75, 3.05) is 14.2 Å². The molecule has 0 aliphatic heterocycles. The van der Waals surface area contributed by atoms with Gasteiger partial charge in [0.25, 0.3) is 5.91 Å². The summed E-state index contributed by atoms with van der Waals surface area (Å²) in [7, 11) is 3.22. The van der Waals surface area contributed by atoms with Crippen molar-refractivity contribution in [3.8, 4) is 11.5 Å². The highest BCUT2D eigenvalue weighted by molar-refractivity contribution is 5.95. The van der Waals surface area contributed by atoms with E-state index in [4.69, 9.17) is 9.47 Å². The molecule has 0 aliphatic carbocycles. The first kappa shape index (κ1) is 20.1. The highest BCUT2D eigenvalue weighted by Gasteiger charge is 2.08. The van der Waals surface area contributed by atoms with Crippen LogP contribution < -0.4 is 14.9 Å². The van der Waals surface area contributed by atoms with Crippen molar-refractivity contribution in [1.29, 1.82) is 0 Å². The number of hydrazone groups is 1. The molecule has 0 saturated heterocycles. The summed E-state index contributed by atoms with van der Waals surface area (Å²) >= 11 is 0. The van der Waals surface area contributed by atoms with Gasteiger partial charge in [0.15, 0.2) is 0 Å². The summed E-state index contributed by atoms with van der Waals surface area (Å²) in [6.45, 7) is 4.57. The van der Waals surface area contributed by atoms with Gasteiger partial charge in [-0.2, -0.15) is 10.2 Å². The van der Waals surface area contributed by atoms with E-state index in [2.05, 4.69) is 15.6 Å². The lowest BCUT2D eigenvalue weighted by molar-refractivity contribution is 0.0955. The van der Waals surface area contributed by atoms with Crippen molar-refractivity contribution < 1.29 is 14.3 Å². The van der Waals surface area contributed by atoms with Crippen molar-refractivity contribution in [1.82, 2.24) is 15.2 Å². The minimum Gasteiger partial charge on any atom is -0.497 e.